The predicted octanol–water partition coefficient (Wildman–Crippen LogP) is 2.55. The summed E-state index contributed by atoms with van der Waals surface area (Å²) in [6.07, 6.45) is 10.5. The summed E-state index contributed by atoms with van der Waals surface area (Å²) in [7, 11) is 0. The Hall–Kier alpha value is -0.0400. The molecule has 3 aliphatic carbocycles. The van der Waals surface area contributed by atoms with Gasteiger partial charge in [-0.1, -0.05) is 6.42 Å². The van der Waals surface area contributed by atoms with Gasteiger partial charge in [0, 0.05) is 0 Å². The summed E-state index contributed by atoms with van der Waals surface area (Å²) in [6.45, 7) is 0.927. The summed E-state index contributed by atoms with van der Waals surface area (Å²) in [4.78, 5) is 0. The Morgan fingerprint density at radius 3 is 3.00 bits per heavy atom. The summed E-state index contributed by atoms with van der Waals surface area (Å²) in [5.41, 5.74) is 6.51. The molecule has 0 spiro atoms. The molecule has 3 rings (SSSR count). The second-order valence-electron chi connectivity index (χ2n) is 5.61. The smallest absolute Gasteiger partial charge is 0.00719 e. The zero-order valence-electron chi connectivity index (χ0n) is 8.47. The minimum atomic E-state index is 0.737. The van der Waals surface area contributed by atoms with E-state index in [4.69, 9.17) is 5.73 Å². The maximum Gasteiger partial charge on any atom is -0.00719 e. The van der Waals surface area contributed by atoms with Gasteiger partial charge in [0.25, 0.3) is 0 Å². The second kappa shape index (κ2) is 2.73. The average Bonchev–Trinajstić information content (AvgIpc) is 2.73. The zero-order chi connectivity index (χ0) is 8.89. The van der Waals surface area contributed by atoms with E-state index in [0.29, 0.717) is 0 Å². The molecule has 4 unspecified atom stereocenters. The second-order valence-corrected chi connectivity index (χ2v) is 5.61. The van der Waals surface area contributed by atoms with Crippen molar-refractivity contribution in [2.45, 2.75) is 44.9 Å². The van der Waals surface area contributed by atoms with Gasteiger partial charge in [0.2, 0.25) is 0 Å². The molecule has 0 heterocycles. The van der Waals surface area contributed by atoms with Crippen LogP contribution in [0.25, 0.3) is 0 Å². The normalized spacial score (nSPS) is 52.8. The highest BCUT2D eigenvalue weighted by atomic mass is 14.7. The number of fused-ring (bicyclic) bond motifs is 5. The number of hydrogen-bond donors (Lipinski definition) is 1. The molecule has 3 saturated carbocycles. The SMILES string of the molecule is NCCC12CCC(C1)C1CCCC12. The number of nitrogens with two attached hydrogens (primary N) is 1. The lowest BCUT2D eigenvalue weighted by molar-refractivity contribution is 0.143. The van der Waals surface area contributed by atoms with Crippen LogP contribution in [0.2, 0.25) is 0 Å². The van der Waals surface area contributed by atoms with Crippen molar-refractivity contribution in [1.82, 2.24) is 0 Å². The summed E-state index contributed by atoms with van der Waals surface area (Å²) in [6, 6.07) is 0. The van der Waals surface area contributed by atoms with Gasteiger partial charge >= 0.3 is 0 Å². The van der Waals surface area contributed by atoms with E-state index in [0.717, 1.165) is 29.7 Å². The van der Waals surface area contributed by atoms with E-state index in [-0.39, 0.29) is 0 Å². The number of hydrogen-bond acceptors (Lipinski definition) is 1. The molecule has 1 heteroatoms. The fourth-order valence-corrected chi connectivity index (χ4v) is 4.91. The standard InChI is InChI=1S/C12H21N/c13-7-6-12-5-4-9(8-12)10-2-1-3-11(10)12/h9-11H,1-8,13H2. The van der Waals surface area contributed by atoms with E-state index in [1.165, 1.54) is 32.1 Å². The summed E-state index contributed by atoms with van der Waals surface area (Å²) in [5.74, 6) is 3.33. The van der Waals surface area contributed by atoms with Gasteiger partial charge in [-0.3, -0.25) is 0 Å². The van der Waals surface area contributed by atoms with E-state index >= 15 is 0 Å². The lowest BCUT2D eigenvalue weighted by Crippen LogP contribution is -2.29. The molecule has 2 bridgehead atoms. The van der Waals surface area contributed by atoms with E-state index in [9.17, 15) is 0 Å². The maximum absolute atomic E-state index is 5.77. The molecule has 0 aromatic rings. The van der Waals surface area contributed by atoms with Crippen LogP contribution in [-0.4, -0.2) is 6.54 Å². The van der Waals surface area contributed by atoms with Crippen molar-refractivity contribution in [1.29, 1.82) is 0 Å². The van der Waals surface area contributed by atoms with E-state index in [1.807, 2.05) is 0 Å². The Labute approximate surface area is 81.1 Å². The Morgan fingerprint density at radius 1 is 1.23 bits per heavy atom. The van der Waals surface area contributed by atoms with E-state index < -0.39 is 0 Å². The fraction of sp³-hybridized carbons (Fsp3) is 1.00. The van der Waals surface area contributed by atoms with Crippen molar-refractivity contribution in [2.24, 2.45) is 28.9 Å². The Bertz CT molecular complexity index is 213. The predicted molar refractivity (Wildman–Crippen MR) is 54.3 cm³/mol. The highest BCUT2D eigenvalue weighted by Gasteiger charge is 2.57. The fourth-order valence-electron chi connectivity index (χ4n) is 4.91. The van der Waals surface area contributed by atoms with Crippen LogP contribution in [0.3, 0.4) is 0 Å². The van der Waals surface area contributed by atoms with Gasteiger partial charge in [0.05, 0.1) is 0 Å². The molecule has 3 fully saturated rings. The van der Waals surface area contributed by atoms with Crippen molar-refractivity contribution >= 4 is 0 Å². The van der Waals surface area contributed by atoms with Crippen molar-refractivity contribution < 1.29 is 0 Å². The van der Waals surface area contributed by atoms with Crippen LogP contribution in [0.5, 0.6) is 0 Å². The first kappa shape index (κ1) is 8.28. The summed E-state index contributed by atoms with van der Waals surface area (Å²) >= 11 is 0. The van der Waals surface area contributed by atoms with Gasteiger partial charge in [-0.25, -0.2) is 0 Å². The van der Waals surface area contributed by atoms with Crippen LogP contribution >= 0.6 is 0 Å². The first-order valence-corrected chi connectivity index (χ1v) is 6.06. The molecule has 0 aromatic heterocycles. The molecule has 0 aromatic carbocycles. The van der Waals surface area contributed by atoms with Crippen molar-refractivity contribution in [3.05, 3.63) is 0 Å². The molecule has 0 saturated heterocycles. The largest absolute Gasteiger partial charge is 0.330 e. The van der Waals surface area contributed by atoms with Gasteiger partial charge in [-0.2, -0.15) is 0 Å². The molecular formula is C12H21N. The van der Waals surface area contributed by atoms with Gasteiger partial charge in [-0.05, 0) is 68.2 Å². The molecule has 0 aliphatic heterocycles. The molecule has 2 N–H and O–H groups in total. The van der Waals surface area contributed by atoms with Gasteiger partial charge in [0.15, 0.2) is 0 Å². The van der Waals surface area contributed by atoms with Crippen LogP contribution in [0.15, 0.2) is 0 Å². The third-order valence-electron chi connectivity index (χ3n) is 5.29. The molecular weight excluding hydrogens is 158 g/mol. The van der Waals surface area contributed by atoms with Crippen LogP contribution in [0.1, 0.15) is 44.9 Å². The minimum Gasteiger partial charge on any atom is -0.330 e. The maximum atomic E-state index is 5.77. The van der Waals surface area contributed by atoms with Gasteiger partial charge in [-0.15, -0.1) is 0 Å². The Balaban J connectivity index is 1.87. The summed E-state index contributed by atoms with van der Waals surface area (Å²) < 4.78 is 0. The lowest BCUT2D eigenvalue weighted by Gasteiger charge is -2.35. The van der Waals surface area contributed by atoms with Gasteiger partial charge < -0.3 is 5.73 Å². The van der Waals surface area contributed by atoms with E-state index in [2.05, 4.69) is 0 Å². The number of rotatable bonds is 2. The first-order valence-electron chi connectivity index (χ1n) is 6.06. The first-order chi connectivity index (χ1) is 6.36. The molecule has 3 aliphatic rings. The quantitative estimate of drug-likeness (QED) is 0.692. The third kappa shape index (κ3) is 0.971. The highest BCUT2D eigenvalue weighted by Crippen LogP contribution is 2.66. The van der Waals surface area contributed by atoms with E-state index in [1.54, 1.807) is 12.8 Å². The molecule has 0 amide bonds. The molecule has 1 nitrogen and oxygen atoms in total. The van der Waals surface area contributed by atoms with Crippen molar-refractivity contribution in [2.75, 3.05) is 6.54 Å². The van der Waals surface area contributed by atoms with Crippen LogP contribution in [-0.2, 0) is 0 Å². The van der Waals surface area contributed by atoms with Crippen LogP contribution in [0, 0.1) is 23.2 Å². The average molecular weight is 179 g/mol. The Kier molecular flexibility index (Phi) is 1.74. The molecule has 0 radical (unpaired) electrons. The molecule has 74 valence electrons. The van der Waals surface area contributed by atoms with Gasteiger partial charge in [0.1, 0.15) is 0 Å². The lowest BCUT2D eigenvalue weighted by atomic mass is 9.70. The van der Waals surface area contributed by atoms with Crippen molar-refractivity contribution in [3.8, 4) is 0 Å². The van der Waals surface area contributed by atoms with Crippen molar-refractivity contribution in [3.63, 3.8) is 0 Å². The monoisotopic (exact) mass is 179 g/mol. The van der Waals surface area contributed by atoms with Crippen LogP contribution in [0.4, 0.5) is 0 Å². The summed E-state index contributed by atoms with van der Waals surface area (Å²) in [5, 5.41) is 0. The topological polar surface area (TPSA) is 26.0 Å². The third-order valence-corrected chi connectivity index (χ3v) is 5.29. The Morgan fingerprint density at radius 2 is 2.15 bits per heavy atom. The zero-order valence-corrected chi connectivity index (χ0v) is 8.47. The molecule has 4 atom stereocenters. The van der Waals surface area contributed by atoms with Crippen LogP contribution < -0.4 is 5.73 Å². The highest BCUT2D eigenvalue weighted by molar-refractivity contribution is 5.07. The molecule has 13 heavy (non-hydrogen) atoms. The minimum absolute atomic E-state index is 0.737.